The van der Waals surface area contributed by atoms with E-state index in [0.29, 0.717) is 18.4 Å². The minimum Gasteiger partial charge on any atom is -0.466 e. The Labute approximate surface area is 134 Å². The molecule has 0 aliphatic carbocycles. The number of hydrogen-bond donors (Lipinski definition) is 0. The van der Waals surface area contributed by atoms with Crippen LogP contribution < -0.4 is 0 Å². The maximum Gasteiger partial charge on any atom is 0.333 e. The highest BCUT2D eigenvalue weighted by atomic mass is 16.6. The third-order valence-corrected chi connectivity index (χ3v) is 3.42. The summed E-state index contributed by atoms with van der Waals surface area (Å²) in [5.41, 5.74) is 2.48. The van der Waals surface area contributed by atoms with E-state index >= 15 is 0 Å². The fraction of sp³-hybridized carbons (Fsp3) is 0.167. The van der Waals surface area contributed by atoms with Crippen LogP contribution >= 0.6 is 0 Å². The van der Waals surface area contributed by atoms with Crippen LogP contribution in [0, 0.1) is 10.1 Å². The molecule has 0 aliphatic rings. The molecule has 0 radical (unpaired) electrons. The summed E-state index contributed by atoms with van der Waals surface area (Å²) in [6.45, 7) is 0. The van der Waals surface area contributed by atoms with E-state index in [1.54, 1.807) is 18.2 Å². The Hall–Kier alpha value is -2.95. The number of nitro benzene ring substituents is 1. The molecule has 5 nitrogen and oxygen atoms in total. The Morgan fingerprint density at radius 1 is 1.13 bits per heavy atom. The third-order valence-electron chi connectivity index (χ3n) is 3.42. The van der Waals surface area contributed by atoms with Gasteiger partial charge in [-0.25, -0.2) is 4.79 Å². The lowest BCUT2D eigenvalue weighted by atomic mass is 10.0. The Bertz CT molecular complexity index is 706. The molecular weight excluding hydrogens is 294 g/mol. The summed E-state index contributed by atoms with van der Waals surface area (Å²) in [5.74, 6) is -0.365. The number of carbonyl (C=O) groups is 1. The maximum atomic E-state index is 11.9. The molecule has 0 heterocycles. The number of benzene rings is 2. The van der Waals surface area contributed by atoms with Gasteiger partial charge in [0.05, 0.1) is 12.0 Å². The smallest absolute Gasteiger partial charge is 0.333 e. The maximum absolute atomic E-state index is 11.9. The SMILES string of the molecule is COC(=O)/C(=C\c1ccccc1)CCc1ccc([N+](=O)[O-])cc1. The van der Waals surface area contributed by atoms with Crippen molar-refractivity contribution < 1.29 is 14.5 Å². The molecule has 0 fully saturated rings. The first kappa shape index (κ1) is 16.4. The molecule has 0 saturated carbocycles. The van der Waals surface area contributed by atoms with Crippen LogP contribution in [0.4, 0.5) is 5.69 Å². The van der Waals surface area contributed by atoms with Gasteiger partial charge in [0.1, 0.15) is 0 Å². The number of non-ortho nitro benzene ring substituents is 1. The lowest BCUT2D eigenvalue weighted by molar-refractivity contribution is -0.384. The minimum atomic E-state index is -0.432. The van der Waals surface area contributed by atoms with E-state index in [0.717, 1.165) is 11.1 Å². The molecular formula is C18H17NO4. The zero-order valence-corrected chi connectivity index (χ0v) is 12.8. The van der Waals surface area contributed by atoms with Gasteiger partial charge in [-0.3, -0.25) is 10.1 Å². The van der Waals surface area contributed by atoms with Gasteiger partial charge in [-0.15, -0.1) is 0 Å². The highest BCUT2D eigenvalue weighted by Gasteiger charge is 2.11. The first-order chi connectivity index (χ1) is 11.1. The second-order valence-electron chi connectivity index (χ2n) is 5.00. The number of rotatable bonds is 6. The highest BCUT2D eigenvalue weighted by Crippen LogP contribution is 2.17. The van der Waals surface area contributed by atoms with E-state index in [9.17, 15) is 14.9 Å². The van der Waals surface area contributed by atoms with Crippen molar-refractivity contribution >= 4 is 17.7 Å². The van der Waals surface area contributed by atoms with Gasteiger partial charge in [0.2, 0.25) is 0 Å². The van der Waals surface area contributed by atoms with Crippen molar-refractivity contribution in [3.05, 3.63) is 81.4 Å². The summed E-state index contributed by atoms with van der Waals surface area (Å²) in [7, 11) is 1.35. The fourth-order valence-corrected chi connectivity index (χ4v) is 2.18. The fourth-order valence-electron chi connectivity index (χ4n) is 2.18. The summed E-state index contributed by atoms with van der Waals surface area (Å²) in [4.78, 5) is 22.1. The molecule has 2 rings (SSSR count). The molecule has 0 bridgehead atoms. The summed E-state index contributed by atoms with van der Waals surface area (Å²) in [6, 6.07) is 15.9. The lowest BCUT2D eigenvalue weighted by Crippen LogP contribution is -2.06. The molecule has 23 heavy (non-hydrogen) atoms. The van der Waals surface area contributed by atoms with E-state index in [4.69, 9.17) is 4.74 Å². The number of aryl methyl sites for hydroxylation is 1. The topological polar surface area (TPSA) is 69.4 Å². The Kier molecular flexibility index (Phi) is 5.63. The van der Waals surface area contributed by atoms with Gasteiger partial charge in [0.15, 0.2) is 0 Å². The molecule has 0 unspecified atom stereocenters. The molecule has 0 saturated heterocycles. The summed E-state index contributed by atoms with van der Waals surface area (Å²) in [6.07, 6.45) is 2.91. The van der Waals surface area contributed by atoms with Crippen LogP contribution in [-0.2, 0) is 16.0 Å². The number of methoxy groups -OCH3 is 1. The average Bonchev–Trinajstić information content (AvgIpc) is 2.59. The van der Waals surface area contributed by atoms with Gasteiger partial charge < -0.3 is 4.74 Å². The first-order valence-corrected chi connectivity index (χ1v) is 7.17. The number of nitrogens with zero attached hydrogens (tertiary/aromatic N) is 1. The summed E-state index contributed by atoms with van der Waals surface area (Å²) >= 11 is 0. The first-order valence-electron chi connectivity index (χ1n) is 7.17. The van der Waals surface area contributed by atoms with Crippen molar-refractivity contribution in [3.8, 4) is 0 Å². The number of ether oxygens (including phenoxy) is 1. The second-order valence-corrected chi connectivity index (χ2v) is 5.00. The van der Waals surface area contributed by atoms with Gasteiger partial charge in [0, 0.05) is 17.7 Å². The van der Waals surface area contributed by atoms with Crippen LogP contribution in [-0.4, -0.2) is 18.0 Å². The van der Waals surface area contributed by atoms with Crippen LogP contribution in [0.1, 0.15) is 17.5 Å². The van der Waals surface area contributed by atoms with Crippen LogP contribution in [0.15, 0.2) is 60.2 Å². The largest absolute Gasteiger partial charge is 0.466 e. The highest BCUT2D eigenvalue weighted by molar-refractivity contribution is 5.93. The van der Waals surface area contributed by atoms with Crippen LogP contribution in [0.25, 0.3) is 6.08 Å². The van der Waals surface area contributed by atoms with Crippen molar-refractivity contribution in [3.63, 3.8) is 0 Å². The van der Waals surface area contributed by atoms with Crippen LogP contribution in [0.5, 0.6) is 0 Å². The standard InChI is InChI=1S/C18H17NO4/c1-23-18(20)16(13-15-5-3-2-4-6-15)10-7-14-8-11-17(12-9-14)19(21)22/h2-6,8-9,11-13H,7,10H2,1H3/b16-13-. The van der Waals surface area contributed by atoms with Gasteiger partial charge >= 0.3 is 5.97 Å². The Morgan fingerprint density at radius 2 is 1.78 bits per heavy atom. The van der Waals surface area contributed by atoms with E-state index < -0.39 is 4.92 Å². The molecule has 0 aromatic heterocycles. The number of hydrogen-bond acceptors (Lipinski definition) is 4. The van der Waals surface area contributed by atoms with Crippen LogP contribution in [0.3, 0.4) is 0 Å². The van der Waals surface area contributed by atoms with Gasteiger partial charge in [-0.1, -0.05) is 42.5 Å². The molecule has 118 valence electrons. The zero-order chi connectivity index (χ0) is 16.7. The summed E-state index contributed by atoms with van der Waals surface area (Å²) in [5, 5.41) is 10.6. The molecule has 0 amide bonds. The average molecular weight is 311 g/mol. The number of carbonyl (C=O) groups excluding carboxylic acids is 1. The molecule has 0 aliphatic heterocycles. The molecule has 2 aromatic rings. The quantitative estimate of drug-likeness (QED) is 0.352. The van der Waals surface area contributed by atoms with Gasteiger partial charge in [-0.05, 0) is 30.0 Å². The van der Waals surface area contributed by atoms with Gasteiger partial charge in [-0.2, -0.15) is 0 Å². The predicted octanol–water partition coefficient (Wildman–Crippen LogP) is 3.78. The molecule has 5 heteroatoms. The normalized spacial score (nSPS) is 11.1. The number of esters is 1. The number of nitro groups is 1. The zero-order valence-electron chi connectivity index (χ0n) is 12.8. The van der Waals surface area contributed by atoms with Crippen molar-refractivity contribution in [1.82, 2.24) is 0 Å². The Balaban J connectivity index is 2.11. The molecule has 0 N–H and O–H groups in total. The lowest BCUT2D eigenvalue weighted by Gasteiger charge is -2.06. The minimum absolute atomic E-state index is 0.0572. The second kappa shape index (κ2) is 7.89. The molecule has 0 atom stereocenters. The van der Waals surface area contributed by atoms with Gasteiger partial charge in [0.25, 0.3) is 5.69 Å². The van der Waals surface area contributed by atoms with E-state index in [1.165, 1.54) is 19.2 Å². The van der Waals surface area contributed by atoms with E-state index in [-0.39, 0.29) is 11.7 Å². The van der Waals surface area contributed by atoms with Crippen molar-refractivity contribution in [2.75, 3.05) is 7.11 Å². The van der Waals surface area contributed by atoms with E-state index in [1.807, 2.05) is 30.3 Å². The predicted molar refractivity (Wildman–Crippen MR) is 87.9 cm³/mol. The van der Waals surface area contributed by atoms with Crippen molar-refractivity contribution in [2.45, 2.75) is 12.8 Å². The molecule has 0 spiro atoms. The molecule has 2 aromatic carbocycles. The van der Waals surface area contributed by atoms with Crippen molar-refractivity contribution in [1.29, 1.82) is 0 Å². The third kappa shape index (κ3) is 4.78. The van der Waals surface area contributed by atoms with E-state index in [2.05, 4.69) is 0 Å². The van der Waals surface area contributed by atoms with Crippen molar-refractivity contribution in [2.24, 2.45) is 0 Å². The Morgan fingerprint density at radius 3 is 2.35 bits per heavy atom. The van der Waals surface area contributed by atoms with Crippen LogP contribution in [0.2, 0.25) is 0 Å². The summed E-state index contributed by atoms with van der Waals surface area (Å²) < 4.78 is 4.83. The monoisotopic (exact) mass is 311 g/mol.